The lowest BCUT2D eigenvalue weighted by Gasteiger charge is -2.23. The maximum atomic E-state index is 13.4. The number of anilines is 3. The Morgan fingerprint density at radius 2 is 1.90 bits per heavy atom. The van der Waals surface area contributed by atoms with Gasteiger partial charge in [-0.15, -0.1) is 0 Å². The molecule has 3 aromatic rings. The van der Waals surface area contributed by atoms with Crippen LogP contribution in [0.5, 0.6) is 0 Å². The molecular formula is C21H20FN7O2. The molecule has 1 aliphatic heterocycles. The largest absolute Gasteiger partial charge is 0.366 e. The Bertz CT molecular complexity index is 1180. The van der Waals surface area contributed by atoms with E-state index in [4.69, 9.17) is 11.5 Å². The monoisotopic (exact) mass is 421 g/mol. The number of hydrogen-bond donors (Lipinski definition) is 3. The molecule has 5 N–H and O–H groups in total. The molecule has 0 spiro atoms. The number of aromatic nitrogens is 3. The number of benzene rings is 2. The fraction of sp³-hybridized carbons (Fsp3) is 0.190. The van der Waals surface area contributed by atoms with Gasteiger partial charge in [-0.05, 0) is 48.7 Å². The summed E-state index contributed by atoms with van der Waals surface area (Å²) in [6, 6.07) is 11.2. The first-order chi connectivity index (χ1) is 14.8. The van der Waals surface area contributed by atoms with Crippen LogP contribution in [0.3, 0.4) is 0 Å². The lowest BCUT2D eigenvalue weighted by Crippen LogP contribution is -2.28. The molecule has 31 heavy (non-hydrogen) atoms. The lowest BCUT2D eigenvalue weighted by molar-refractivity contribution is 0.0985. The van der Waals surface area contributed by atoms with E-state index in [-0.39, 0.29) is 36.1 Å². The maximum Gasteiger partial charge on any atom is 0.286 e. The van der Waals surface area contributed by atoms with E-state index in [0.29, 0.717) is 17.5 Å². The van der Waals surface area contributed by atoms with Gasteiger partial charge in [-0.3, -0.25) is 9.59 Å². The molecule has 10 heteroatoms. The molecule has 4 rings (SSSR count). The molecule has 1 aliphatic rings. The molecule has 0 saturated heterocycles. The minimum Gasteiger partial charge on any atom is -0.366 e. The van der Waals surface area contributed by atoms with Gasteiger partial charge in [0.05, 0.1) is 0 Å². The first kappa shape index (κ1) is 20.2. The Kier molecular flexibility index (Phi) is 5.20. The third-order valence-electron chi connectivity index (χ3n) is 5.02. The smallest absolute Gasteiger partial charge is 0.286 e. The van der Waals surface area contributed by atoms with Crippen molar-refractivity contribution < 1.29 is 14.0 Å². The summed E-state index contributed by atoms with van der Waals surface area (Å²) in [6.45, 7) is 2.18. The Labute approximate surface area is 177 Å². The second-order valence-electron chi connectivity index (χ2n) is 7.22. The summed E-state index contributed by atoms with van der Waals surface area (Å²) in [5, 5.41) is 2.98. The van der Waals surface area contributed by atoms with Gasteiger partial charge in [0.1, 0.15) is 5.82 Å². The number of rotatable bonds is 6. The average Bonchev–Trinajstić information content (AvgIpc) is 3.07. The quantitative estimate of drug-likeness (QED) is 0.552. The average molecular weight is 421 g/mol. The van der Waals surface area contributed by atoms with E-state index in [1.807, 2.05) is 17.9 Å². The van der Waals surface area contributed by atoms with Gasteiger partial charge in [0.15, 0.2) is 0 Å². The van der Waals surface area contributed by atoms with Crippen molar-refractivity contribution in [3.8, 4) is 0 Å². The van der Waals surface area contributed by atoms with E-state index in [1.54, 1.807) is 24.3 Å². The molecule has 2 amide bonds. The summed E-state index contributed by atoms with van der Waals surface area (Å²) in [5.74, 6) is -1.57. The van der Waals surface area contributed by atoms with Crippen LogP contribution in [0.1, 0.15) is 39.0 Å². The highest BCUT2D eigenvalue weighted by atomic mass is 19.1. The molecule has 0 saturated carbocycles. The highest BCUT2D eigenvalue weighted by molar-refractivity contribution is 5.97. The van der Waals surface area contributed by atoms with Crippen molar-refractivity contribution in [3.05, 3.63) is 70.8 Å². The number of carbonyl (C=O) groups is 2. The molecule has 158 valence electrons. The van der Waals surface area contributed by atoms with Gasteiger partial charge in [-0.25, -0.2) is 4.39 Å². The third-order valence-corrected chi connectivity index (χ3v) is 5.02. The van der Waals surface area contributed by atoms with Crippen molar-refractivity contribution in [2.24, 2.45) is 11.5 Å². The molecule has 1 atom stereocenters. The van der Waals surface area contributed by atoms with E-state index in [1.165, 1.54) is 12.1 Å². The Balaban J connectivity index is 1.71. The minimum atomic E-state index is -0.810. The predicted octanol–water partition coefficient (Wildman–Crippen LogP) is 1.90. The van der Waals surface area contributed by atoms with Crippen LogP contribution >= 0.6 is 0 Å². The van der Waals surface area contributed by atoms with Crippen LogP contribution in [0.4, 0.5) is 22.0 Å². The van der Waals surface area contributed by atoms with E-state index in [9.17, 15) is 14.0 Å². The van der Waals surface area contributed by atoms with Crippen LogP contribution < -0.4 is 21.7 Å². The second kappa shape index (κ2) is 7.98. The molecular weight excluding hydrogens is 401 g/mol. The van der Waals surface area contributed by atoms with Crippen molar-refractivity contribution in [1.82, 2.24) is 15.0 Å². The van der Waals surface area contributed by atoms with Gasteiger partial charge in [-0.1, -0.05) is 18.2 Å². The first-order valence-corrected chi connectivity index (χ1v) is 9.58. The highest BCUT2D eigenvalue weighted by Gasteiger charge is 2.32. The molecule has 1 unspecified atom stereocenters. The van der Waals surface area contributed by atoms with Crippen LogP contribution in [0.2, 0.25) is 0 Å². The zero-order valence-electron chi connectivity index (χ0n) is 16.7. The zero-order chi connectivity index (χ0) is 22.1. The van der Waals surface area contributed by atoms with Crippen LogP contribution in [0.15, 0.2) is 42.5 Å². The molecule has 2 heterocycles. The highest BCUT2D eigenvalue weighted by Crippen LogP contribution is 2.38. The van der Waals surface area contributed by atoms with Gasteiger partial charge in [0.25, 0.3) is 5.91 Å². The third kappa shape index (κ3) is 4.00. The van der Waals surface area contributed by atoms with Crippen molar-refractivity contribution in [3.63, 3.8) is 0 Å². The summed E-state index contributed by atoms with van der Waals surface area (Å²) in [5.41, 5.74) is 13.6. The van der Waals surface area contributed by atoms with Crippen LogP contribution in [-0.2, 0) is 13.0 Å². The fourth-order valence-corrected chi connectivity index (χ4v) is 3.66. The minimum absolute atomic E-state index is 0.102. The maximum absolute atomic E-state index is 13.4. The summed E-state index contributed by atoms with van der Waals surface area (Å²) < 4.78 is 13.4. The first-order valence-electron chi connectivity index (χ1n) is 9.58. The van der Waals surface area contributed by atoms with Crippen molar-refractivity contribution in [1.29, 1.82) is 0 Å². The molecule has 0 radical (unpaired) electrons. The number of nitrogens with zero attached hydrogens (tertiary/aromatic N) is 4. The Hall–Kier alpha value is -4.08. The molecule has 2 aromatic carbocycles. The van der Waals surface area contributed by atoms with E-state index in [2.05, 4.69) is 20.3 Å². The number of fused-ring (bicyclic) bond motifs is 1. The van der Waals surface area contributed by atoms with Gasteiger partial charge in [0, 0.05) is 23.8 Å². The van der Waals surface area contributed by atoms with E-state index in [0.717, 1.165) is 11.3 Å². The summed E-state index contributed by atoms with van der Waals surface area (Å²) in [6.07, 6.45) is 0.554. The Morgan fingerprint density at radius 3 is 2.61 bits per heavy atom. The van der Waals surface area contributed by atoms with Crippen molar-refractivity contribution in [2.75, 3.05) is 10.2 Å². The number of hydrogen-bond acceptors (Lipinski definition) is 7. The normalized spacial score (nSPS) is 14.9. The number of nitrogens with two attached hydrogens (primary N) is 2. The molecule has 9 nitrogen and oxygen atoms in total. The summed E-state index contributed by atoms with van der Waals surface area (Å²) >= 11 is 0. The SMILES string of the molecule is CC1Cc2c(C(N)=O)cccc2N1c1nc(NCc2cccc(F)c2)nc(C(N)=O)n1. The zero-order valence-corrected chi connectivity index (χ0v) is 16.7. The van der Waals surface area contributed by atoms with E-state index >= 15 is 0 Å². The number of amides is 2. The number of primary amides is 2. The summed E-state index contributed by atoms with van der Waals surface area (Å²) in [4.78, 5) is 38.2. The van der Waals surface area contributed by atoms with Gasteiger partial charge in [0.2, 0.25) is 23.6 Å². The van der Waals surface area contributed by atoms with Crippen LogP contribution in [-0.4, -0.2) is 32.8 Å². The molecule has 0 aliphatic carbocycles. The fourth-order valence-electron chi connectivity index (χ4n) is 3.66. The van der Waals surface area contributed by atoms with Gasteiger partial charge < -0.3 is 21.7 Å². The number of nitrogens with one attached hydrogen (secondary N) is 1. The number of carbonyl (C=O) groups excluding carboxylic acids is 2. The standard InChI is InChI=1S/C21H20FN7O2/c1-11-8-15-14(17(23)30)6-3-7-16(15)29(11)21-27-19(18(24)31)26-20(28-21)25-10-12-4-2-5-13(22)9-12/h2-7,9,11H,8,10H2,1H3,(H2,23,30)(H2,24,31)(H,25,26,27,28). The van der Waals surface area contributed by atoms with Gasteiger partial charge in [-0.2, -0.15) is 15.0 Å². The van der Waals surface area contributed by atoms with Crippen molar-refractivity contribution >= 4 is 29.4 Å². The number of halogens is 1. The van der Waals surface area contributed by atoms with Crippen molar-refractivity contribution in [2.45, 2.75) is 25.9 Å². The molecule has 1 aromatic heterocycles. The van der Waals surface area contributed by atoms with Crippen LogP contribution in [0, 0.1) is 5.82 Å². The van der Waals surface area contributed by atoms with Crippen LogP contribution in [0.25, 0.3) is 0 Å². The molecule has 0 bridgehead atoms. The summed E-state index contributed by atoms with van der Waals surface area (Å²) in [7, 11) is 0. The molecule has 0 fully saturated rings. The topological polar surface area (TPSA) is 140 Å². The van der Waals surface area contributed by atoms with E-state index < -0.39 is 11.8 Å². The van der Waals surface area contributed by atoms with Gasteiger partial charge >= 0.3 is 0 Å². The lowest BCUT2D eigenvalue weighted by atomic mass is 10.0. The Morgan fingerprint density at radius 1 is 1.13 bits per heavy atom. The predicted molar refractivity (Wildman–Crippen MR) is 112 cm³/mol. The second-order valence-corrected chi connectivity index (χ2v) is 7.22.